The van der Waals surface area contributed by atoms with E-state index in [2.05, 4.69) is 15.0 Å². The zero-order valence-electron chi connectivity index (χ0n) is 12.9. The Morgan fingerprint density at radius 2 is 2.05 bits per heavy atom. The number of carbonyl (C=O) groups excluding carboxylic acids is 2. The fraction of sp³-hybridized carbons (Fsp3) is 0.615. The molecule has 0 radical (unpaired) electrons. The molecule has 0 saturated heterocycles. The van der Waals surface area contributed by atoms with Gasteiger partial charge in [-0.25, -0.2) is 14.3 Å². The largest absolute Gasteiger partial charge is 0.468 e. The van der Waals surface area contributed by atoms with E-state index in [4.69, 9.17) is 4.74 Å². The van der Waals surface area contributed by atoms with Crippen LogP contribution >= 0.6 is 12.4 Å². The van der Waals surface area contributed by atoms with Gasteiger partial charge in [0.05, 0.1) is 12.8 Å². The molecule has 0 saturated carbocycles. The Hall–Kier alpha value is -1.60. The Morgan fingerprint density at radius 3 is 2.52 bits per heavy atom. The zero-order valence-corrected chi connectivity index (χ0v) is 13.7. The van der Waals surface area contributed by atoms with Gasteiger partial charge in [0.2, 0.25) is 0 Å². The molecule has 1 aromatic heterocycles. The van der Waals surface area contributed by atoms with Crippen molar-refractivity contribution in [2.45, 2.75) is 38.8 Å². The van der Waals surface area contributed by atoms with Crippen LogP contribution in [0.15, 0.2) is 12.5 Å². The number of rotatable bonds is 4. The summed E-state index contributed by atoms with van der Waals surface area (Å²) in [6, 6.07) is -0.498. The molecule has 21 heavy (non-hydrogen) atoms. The number of nitrogens with one attached hydrogen (secondary N) is 1. The minimum absolute atomic E-state index is 0. The van der Waals surface area contributed by atoms with Crippen LogP contribution in [0.4, 0.5) is 4.79 Å². The predicted octanol–water partition coefficient (Wildman–Crippen LogP) is 1.39. The Kier molecular flexibility index (Phi) is 7.38. The van der Waals surface area contributed by atoms with E-state index < -0.39 is 17.7 Å². The lowest BCUT2D eigenvalue weighted by atomic mass is 10.2. The van der Waals surface area contributed by atoms with E-state index in [-0.39, 0.29) is 18.4 Å². The molecule has 8 heteroatoms. The number of likely N-dealkylation sites (N-methyl/N-ethyl adjacent to an activating group) is 1. The van der Waals surface area contributed by atoms with E-state index in [1.54, 1.807) is 34.0 Å². The maximum atomic E-state index is 11.8. The molecule has 0 amide bonds. The van der Waals surface area contributed by atoms with Crippen LogP contribution in [0.25, 0.3) is 0 Å². The quantitative estimate of drug-likeness (QED) is 0.845. The molecule has 1 atom stereocenters. The number of imidazole rings is 1. The lowest BCUT2D eigenvalue weighted by Gasteiger charge is -2.19. The van der Waals surface area contributed by atoms with Gasteiger partial charge in [-0.2, -0.15) is 0 Å². The summed E-state index contributed by atoms with van der Waals surface area (Å²) in [4.78, 5) is 27.4. The Balaban J connectivity index is 0.00000400. The van der Waals surface area contributed by atoms with E-state index in [1.165, 1.54) is 18.0 Å². The van der Waals surface area contributed by atoms with Crippen molar-refractivity contribution in [1.29, 1.82) is 0 Å². The third-order valence-electron chi connectivity index (χ3n) is 2.49. The van der Waals surface area contributed by atoms with Gasteiger partial charge >= 0.3 is 12.1 Å². The summed E-state index contributed by atoms with van der Waals surface area (Å²) in [5.41, 5.74) is 0.0294. The number of ether oxygens (including phenoxy) is 2. The summed E-state index contributed by atoms with van der Waals surface area (Å²) in [7, 11) is 2.98. The zero-order chi connectivity index (χ0) is 15.3. The molecule has 0 aliphatic heterocycles. The Labute approximate surface area is 130 Å². The summed E-state index contributed by atoms with van der Waals surface area (Å²) in [5, 5.41) is 2.84. The monoisotopic (exact) mass is 319 g/mol. The summed E-state index contributed by atoms with van der Waals surface area (Å²) in [6.07, 6.45) is 2.74. The second-order valence-electron chi connectivity index (χ2n) is 5.32. The molecule has 1 aromatic rings. The van der Waals surface area contributed by atoms with Crippen LogP contribution in [-0.2, 0) is 20.7 Å². The lowest BCUT2D eigenvalue weighted by molar-refractivity contribution is -0.142. The molecule has 120 valence electrons. The van der Waals surface area contributed by atoms with Gasteiger partial charge in [-0.05, 0) is 27.8 Å². The van der Waals surface area contributed by atoms with Crippen LogP contribution < -0.4 is 5.32 Å². The third-order valence-corrected chi connectivity index (χ3v) is 2.49. The van der Waals surface area contributed by atoms with Crippen LogP contribution in [0.5, 0.6) is 0 Å². The number of methoxy groups -OCH3 is 1. The minimum Gasteiger partial charge on any atom is -0.468 e. The van der Waals surface area contributed by atoms with Crippen molar-refractivity contribution in [2.75, 3.05) is 14.2 Å². The van der Waals surface area contributed by atoms with Gasteiger partial charge in [-0.1, -0.05) is 0 Å². The van der Waals surface area contributed by atoms with Crippen molar-refractivity contribution >= 4 is 24.5 Å². The van der Waals surface area contributed by atoms with Crippen LogP contribution in [-0.4, -0.2) is 47.4 Å². The highest BCUT2D eigenvalue weighted by Gasteiger charge is 2.21. The Bertz CT molecular complexity index is 482. The molecular weight excluding hydrogens is 298 g/mol. The van der Waals surface area contributed by atoms with Crippen molar-refractivity contribution in [2.24, 2.45) is 0 Å². The second-order valence-corrected chi connectivity index (χ2v) is 5.32. The van der Waals surface area contributed by atoms with E-state index >= 15 is 0 Å². The number of hydrogen-bond acceptors (Lipinski definition) is 6. The SMILES string of the molecule is CN[C@H](Cc1cn(C(=O)OC(C)(C)C)cn1)C(=O)OC.Cl. The molecule has 7 nitrogen and oxygen atoms in total. The summed E-state index contributed by atoms with van der Waals surface area (Å²) in [5.74, 6) is -0.376. The average Bonchev–Trinajstić information content (AvgIpc) is 2.81. The van der Waals surface area contributed by atoms with E-state index in [1.807, 2.05) is 0 Å². The molecular formula is C13H22ClN3O4. The molecule has 0 aliphatic carbocycles. The molecule has 1 rings (SSSR count). The first-order valence-corrected chi connectivity index (χ1v) is 6.28. The van der Waals surface area contributed by atoms with Gasteiger partial charge < -0.3 is 14.8 Å². The van der Waals surface area contributed by atoms with Crippen LogP contribution in [0, 0.1) is 0 Å². The number of halogens is 1. The van der Waals surface area contributed by atoms with Gasteiger partial charge in [0.25, 0.3) is 0 Å². The first-order chi connectivity index (χ1) is 9.26. The van der Waals surface area contributed by atoms with Crippen LogP contribution in [0.3, 0.4) is 0 Å². The van der Waals surface area contributed by atoms with Crippen molar-refractivity contribution in [3.63, 3.8) is 0 Å². The minimum atomic E-state index is -0.568. The van der Waals surface area contributed by atoms with E-state index in [0.717, 1.165) is 0 Å². The third kappa shape index (κ3) is 6.14. The average molecular weight is 320 g/mol. The number of aromatic nitrogens is 2. The first-order valence-electron chi connectivity index (χ1n) is 6.28. The summed E-state index contributed by atoms with van der Waals surface area (Å²) >= 11 is 0. The van der Waals surface area contributed by atoms with E-state index in [9.17, 15) is 9.59 Å². The van der Waals surface area contributed by atoms with Gasteiger partial charge in [0.15, 0.2) is 0 Å². The number of nitrogens with zero attached hydrogens (tertiary/aromatic N) is 2. The van der Waals surface area contributed by atoms with Crippen molar-refractivity contribution in [3.05, 3.63) is 18.2 Å². The predicted molar refractivity (Wildman–Crippen MR) is 79.7 cm³/mol. The van der Waals surface area contributed by atoms with Crippen molar-refractivity contribution < 1.29 is 19.1 Å². The fourth-order valence-electron chi connectivity index (χ4n) is 1.54. The van der Waals surface area contributed by atoms with Gasteiger partial charge in [0, 0.05) is 12.6 Å². The lowest BCUT2D eigenvalue weighted by Crippen LogP contribution is -2.37. The molecule has 0 spiro atoms. The fourth-order valence-corrected chi connectivity index (χ4v) is 1.54. The first kappa shape index (κ1) is 19.4. The van der Waals surface area contributed by atoms with Crippen molar-refractivity contribution in [1.82, 2.24) is 14.9 Å². The highest BCUT2D eigenvalue weighted by molar-refractivity contribution is 5.85. The maximum Gasteiger partial charge on any atom is 0.419 e. The van der Waals surface area contributed by atoms with E-state index in [0.29, 0.717) is 12.1 Å². The number of hydrogen-bond donors (Lipinski definition) is 1. The number of esters is 1. The Morgan fingerprint density at radius 1 is 1.43 bits per heavy atom. The van der Waals surface area contributed by atoms with Gasteiger partial charge in [-0.15, -0.1) is 12.4 Å². The molecule has 0 bridgehead atoms. The smallest absolute Gasteiger partial charge is 0.419 e. The summed E-state index contributed by atoms with van der Waals surface area (Å²) < 4.78 is 11.1. The highest BCUT2D eigenvalue weighted by atomic mass is 35.5. The topological polar surface area (TPSA) is 82.5 Å². The molecule has 0 unspecified atom stereocenters. The molecule has 0 fully saturated rings. The number of carbonyl (C=O) groups is 2. The summed E-state index contributed by atoms with van der Waals surface area (Å²) in [6.45, 7) is 5.37. The normalized spacial score (nSPS) is 12.2. The highest BCUT2D eigenvalue weighted by Crippen LogP contribution is 2.10. The second kappa shape index (κ2) is 7.99. The maximum absolute atomic E-state index is 11.8. The molecule has 0 aromatic carbocycles. The standard InChI is InChI=1S/C13H21N3O4.ClH/c1-13(2,3)20-12(18)16-7-9(15-8-16)6-10(14-4)11(17)19-5;/h7-8,10,14H,6H2,1-5H3;1H/t10-;/m1./s1. The van der Waals surface area contributed by atoms with Gasteiger partial charge in [0.1, 0.15) is 18.0 Å². The van der Waals surface area contributed by atoms with Crippen LogP contribution in [0.1, 0.15) is 26.5 Å². The molecule has 1 N–H and O–H groups in total. The molecule has 0 aliphatic rings. The molecule has 1 heterocycles. The van der Waals surface area contributed by atoms with Gasteiger partial charge in [-0.3, -0.25) is 4.79 Å². The van der Waals surface area contributed by atoms with Crippen molar-refractivity contribution in [3.8, 4) is 0 Å². The van der Waals surface area contributed by atoms with Crippen LogP contribution in [0.2, 0.25) is 0 Å².